The molecule has 2 nitrogen and oxygen atoms in total. The number of carbonyl (C=O) groups excluding carboxylic acids is 1. The summed E-state index contributed by atoms with van der Waals surface area (Å²) in [6.07, 6.45) is -2.27. The average Bonchev–Trinajstić information content (AvgIpc) is 2.37. The van der Waals surface area contributed by atoms with Crippen LogP contribution in [-0.2, 0) is 6.18 Å². The minimum absolute atomic E-state index is 0.0722. The van der Waals surface area contributed by atoms with Crippen LogP contribution in [0.3, 0.4) is 0 Å². The van der Waals surface area contributed by atoms with E-state index in [0.717, 1.165) is 18.5 Å². The van der Waals surface area contributed by atoms with Gasteiger partial charge in [-0.1, -0.05) is 17.7 Å². The van der Waals surface area contributed by atoms with E-state index in [9.17, 15) is 18.0 Å². The van der Waals surface area contributed by atoms with Crippen LogP contribution >= 0.6 is 11.6 Å². The summed E-state index contributed by atoms with van der Waals surface area (Å²) >= 11 is 5.92. The van der Waals surface area contributed by atoms with Gasteiger partial charge in [-0.3, -0.25) is 9.78 Å². The zero-order chi connectivity index (χ0) is 14.9. The molecule has 104 valence electrons. The number of carbonyl (C=O) groups is 1. The summed E-state index contributed by atoms with van der Waals surface area (Å²) in [6.45, 7) is 1.34. The molecule has 0 bridgehead atoms. The van der Waals surface area contributed by atoms with E-state index in [4.69, 9.17) is 11.6 Å². The van der Waals surface area contributed by atoms with E-state index in [1.54, 1.807) is 0 Å². The fourth-order valence-corrected chi connectivity index (χ4v) is 2.15. The smallest absolute Gasteiger partial charge is 0.294 e. The van der Waals surface area contributed by atoms with Gasteiger partial charge in [0.1, 0.15) is 0 Å². The minimum atomic E-state index is -4.48. The van der Waals surface area contributed by atoms with Gasteiger partial charge in [0.15, 0.2) is 5.78 Å². The minimum Gasteiger partial charge on any atom is -0.294 e. The van der Waals surface area contributed by atoms with Crippen molar-refractivity contribution in [1.29, 1.82) is 0 Å². The van der Waals surface area contributed by atoms with Crippen molar-refractivity contribution in [2.75, 3.05) is 0 Å². The highest BCUT2D eigenvalue weighted by atomic mass is 35.5. The molecule has 0 aliphatic carbocycles. The van der Waals surface area contributed by atoms with Crippen LogP contribution in [0.15, 0.2) is 36.7 Å². The Bertz CT molecular complexity index is 668. The van der Waals surface area contributed by atoms with Crippen LogP contribution in [0.25, 0.3) is 11.1 Å². The lowest BCUT2D eigenvalue weighted by Gasteiger charge is -2.13. The van der Waals surface area contributed by atoms with Gasteiger partial charge in [0.05, 0.1) is 10.6 Å². The third-order valence-electron chi connectivity index (χ3n) is 2.79. The van der Waals surface area contributed by atoms with E-state index in [1.807, 2.05) is 0 Å². The Morgan fingerprint density at radius 2 is 1.95 bits per heavy atom. The highest BCUT2D eigenvalue weighted by Crippen LogP contribution is 2.37. The van der Waals surface area contributed by atoms with Gasteiger partial charge in [-0.2, -0.15) is 13.2 Å². The number of rotatable bonds is 2. The summed E-state index contributed by atoms with van der Waals surface area (Å²) in [5, 5.41) is 0.118. The van der Waals surface area contributed by atoms with Gasteiger partial charge in [0.2, 0.25) is 0 Å². The lowest BCUT2D eigenvalue weighted by atomic mass is 9.99. The maximum absolute atomic E-state index is 12.9. The average molecular weight is 300 g/mol. The quantitative estimate of drug-likeness (QED) is 0.757. The van der Waals surface area contributed by atoms with Gasteiger partial charge in [0.25, 0.3) is 0 Å². The summed E-state index contributed by atoms with van der Waals surface area (Å²) in [4.78, 5) is 15.0. The molecule has 0 saturated heterocycles. The van der Waals surface area contributed by atoms with Crippen molar-refractivity contribution in [2.24, 2.45) is 0 Å². The Labute approximate surface area is 118 Å². The van der Waals surface area contributed by atoms with Crippen LogP contribution in [0.1, 0.15) is 22.8 Å². The summed E-state index contributed by atoms with van der Waals surface area (Å²) < 4.78 is 38.8. The van der Waals surface area contributed by atoms with E-state index in [0.29, 0.717) is 0 Å². The Morgan fingerprint density at radius 3 is 2.50 bits per heavy atom. The molecule has 0 amide bonds. The molecule has 0 N–H and O–H groups in total. The maximum atomic E-state index is 12.9. The third-order valence-corrected chi connectivity index (χ3v) is 3.10. The highest BCUT2D eigenvalue weighted by Gasteiger charge is 2.33. The molecule has 0 fully saturated rings. The number of aromatic nitrogens is 1. The van der Waals surface area contributed by atoms with E-state index in [-0.39, 0.29) is 27.5 Å². The fraction of sp³-hybridized carbons (Fsp3) is 0.143. The number of hydrogen-bond donors (Lipinski definition) is 0. The van der Waals surface area contributed by atoms with Crippen molar-refractivity contribution in [3.05, 3.63) is 52.8 Å². The third kappa shape index (κ3) is 2.82. The van der Waals surface area contributed by atoms with Crippen molar-refractivity contribution in [2.45, 2.75) is 13.1 Å². The molecular weight excluding hydrogens is 291 g/mol. The predicted molar refractivity (Wildman–Crippen MR) is 69.7 cm³/mol. The van der Waals surface area contributed by atoms with Crippen LogP contribution in [0.2, 0.25) is 5.02 Å². The number of pyridine rings is 1. The molecule has 0 atom stereocenters. The molecule has 0 radical (unpaired) electrons. The Balaban J connectivity index is 2.59. The summed E-state index contributed by atoms with van der Waals surface area (Å²) in [5.74, 6) is -0.246. The zero-order valence-electron chi connectivity index (χ0n) is 10.3. The molecule has 0 aliphatic rings. The predicted octanol–water partition coefficient (Wildman–Crippen LogP) is 4.62. The zero-order valence-corrected chi connectivity index (χ0v) is 11.1. The first-order valence-electron chi connectivity index (χ1n) is 5.63. The molecule has 0 aliphatic heterocycles. The van der Waals surface area contributed by atoms with Crippen molar-refractivity contribution in [3.8, 4) is 11.1 Å². The number of alkyl halides is 3. The van der Waals surface area contributed by atoms with Gasteiger partial charge in [0, 0.05) is 23.5 Å². The van der Waals surface area contributed by atoms with Crippen LogP contribution in [0, 0.1) is 0 Å². The molecule has 2 rings (SSSR count). The second-order valence-corrected chi connectivity index (χ2v) is 4.58. The lowest BCUT2D eigenvalue weighted by molar-refractivity contribution is -0.137. The van der Waals surface area contributed by atoms with Crippen LogP contribution in [-0.4, -0.2) is 10.8 Å². The molecule has 0 unspecified atom stereocenters. The summed E-state index contributed by atoms with van der Waals surface area (Å²) in [6, 6.07) is 5.08. The maximum Gasteiger partial charge on any atom is 0.417 e. The van der Waals surface area contributed by atoms with Gasteiger partial charge >= 0.3 is 6.18 Å². The molecule has 1 heterocycles. The standard InChI is InChI=1S/C14H9ClF3NO/c1-8(20)10-3-2-9(6-13(10)15)11-7-19-5-4-12(11)14(16,17)18/h2-7H,1H3. The first-order chi connectivity index (χ1) is 9.30. The molecule has 1 aromatic carbocycles. The Morgan fingerprint density at radius 1 is 1.25 bits per heavy atom. The summed E-state index contributed by atoms with van der Waals surface area (Å²) in [7, 11) is 0. The largest absolute Gasteiger partial charge is 0.417 e. The number of Topliss-reactive ketones (excluding diaryl/α,β-unsaturated/α-hetero) is 1. The van der Waals surface area contributed by atoms with E-state index in [2.05, 4.69) is 4.98 Å². The van der Waals surface area contributed by atoms with E-state index < -0.39 is 11.7 Å². The second kappa shape index (κ2) is 5.25. The SMILES string of the molecule is CC(=O)c1ccc(-c2cnccc2C(F)(F)F)cc1Cl. The van der Waals surface area contributed by atoms with Crippen LogP contribution < -0.4 is 0 Å². The molecule has 0 saturated carbocycles. The van der Waals surface area contributed by atoms with Crippen molar-refractivity contribution >= 4 is 17.4 Å². The number of ketones is 1. The second-order valence-electron chi connectivity index (χ2n) is 4.17. The summed E-state index contributed by atoms with van der Waals surface area (Å²) in [5.41, 5.74) is -0.329. The number of hydrogen-bond acceptors (Lipinski definition) is 2. The highest BCUT2D eigenvalue weighted by molar-refractivity contribution is 6.34. The molecule has 20 heavy (non-hydrogen) atoms. The molecule has 1 aromatic heterocycles. The van der Waals surface area contributed by atoms with Crippen molar-refractivity contribution in [1.82, 2.24) is 4.98 Å². The molecule has 2 aromatic rings. The Kier molecular flexibility index (Phi) is 3.81. The Hall–Kier alpha value is -1.88. The number of benzene rings is 1. The van der Waals surface area contributed by atoms with Gasteiger partial charge in [-0.15, -0.1) is 0 Å². The fourth-order valence-electron chi connectivity index (χ4n) is 1.84. The first-order valence-corrected chi connectivity index (χ1v) is 6.00. The monoisotopic (exact) mass is 299 g/mol. The first kappa shape index (κ1) is 14.5. The topological polar surface area (TPSA) is 30.0 Å². The van der Waals surface area contributed by atoms with Crippen molar-refractivity contribution in [3.63, 3.8) is 0 Å². The van der Waals surface area contributed by atoms with Gasteiger partial charge in [-0.25, -0.2) is 0 Å². The van der Waals surface area contributed by atoms with E-state index in [1.165, 1.54) is 25.1 Å². The normalized spacial score (nSPS) is 11.4. The van der Waals surface area contributed by atoms with Gasteiger partial charge < -0.3 is 0 Å². The van der Waals surface area contributed by atoms with Gasteiger partial charge in [-0.05, 0) is 30.7 Å². The van der Waals surface area contributed by atoms with Crippen LogP contribution in [0.4, 0.5) is 13.2 Å². The number of halogens is 4. The molecular formula is C14H9ClF3NO. The molecule has 6 heteroatoms. The van der Waals surface area contributed by atoms with E-state index >= 15 is 0 Å². The number of nitrogens with zero attached hydrogens (tertiary/aromatic N) is 1. The van der Waals surface area contributed by atoms with Crippen molar-refractivity contribution < 1.29 is 18.0 Å². The van der Waals surface area contributed by atoms with Crippen LogP contribution in [0.5, 0.6) is 0 Å². The molecule has 0 spiro atoms. The lowest BCUT2D eigenvalue weighted by Crippen LogP contribution is -2.07.